The molecule has 0 unspecified atom stereocenters. The van der Waals surface area contributed by atoms with Crippen LogP contribution in [0.25, 0.3) is 0 Å². The van der Waals surface area contributed by atoms with Gasteiger partial charge < -0.3 is 10.0 Å². The van der Waals surface area contributed by atoms with Gasteiger partial charge in [-0.05, 0) is 92.9 Å². The highest BCUT2D eigenvalue weighted by Crippen LogP contribution is 2.62. The van der Waals surface area contributed by atoms with Crippen molar-refractivity contribution < 1.29 is 9.90 Å². The number of carbonyl (C=O) groups excluding carboxylic acids is 1. The van der Waals surface area contributed by atoms with Gasteiger partial charge >= 0.3 is 0 Å². The molecular formula is C21H29NO2. The number of aliphatic hydroxyl groups is 1. The minimum atomic E-state index is -0.483. The largest absolute Gasteiger partial charge is 0.390 e. The van der Waals surface area contributed by atoms with Crippen molar-refractivity contribution in [3.63, 3.8) is 0 Å². The normalized spacial score (nSPS) is 36.8. The molecule has 4 aliphatic rings. The van der Waals surface area contributed by atoms with Crippen LogP contribution in [0.4, 0.5) is 5.69 Å². The van der Waals surface area contributed by atoms with Crippen molar-refractivity contribution in [1.82, 2.24) is 0 Å². The van der Waals surface area contributed by atoms with Crippen LogP contribution in [0.5, 0.6) is 0 Å². The van der Waals surface area contributed by atoms with E-state index in [1.807, 2.05) is 11.9 Å². The van der Waals surface area contributed by atoms with Crippen molar-refractivity contribution in [2.24, 2.45) is 17.3 Å². The van der Waals surface area contributed by atoms with Crippen molar-refractivity contribution >= 4 is 11.6 Å². The van der Waals surface area contributed by atoms with Gasteiger partial charge in [-0.1, -0.05) is 6.07 Å². The number of hydrogen-bond donors (Lipinski definition) is 1. The highest BCUT2D eigenvalue weighted by atomic mass is 16.3. The van der Waals surface area contributed by atoms with Crippen molar-refractivity contribution in [2.75, 3.05) is 11.9 Å². The second kappa shape index (κ2) is 5.32. The quantitative estimate of drug-likeness (QED) is 0.912. The van der Waals surface area contributed by atoms with Gasteiger partial charge in [0.15, 0.2) is 0 Å². The predicted molar refractivity (Wildman–Crippen MR) is 96.0 cm³/mol. The van der Waals surface area contributed by atoms with Gasteiger partial charge in [-0.2, -0.15) is 0 Å². The Labute approximate surface area is 145 Å². The van der Waals surface area contributed by atoms with Crippen LogP contribution in [0.3, 0.4) is 0 Å². The SMILES string of the molecule is Cc1cc(C)cc(N(C)C(=O)CC23C[C@H]4C[C@@H](CC(O)(C4)C2)C3)c1. The summed E-state index contributed by atoms with van der Waals surface area (Å²) in [6.45, 7) is 4.15. The zero-order chi connectivity index (χ0) is 17.1. The molecule has 2 atom stereocenters. The van der Waals surface area contributed by atoms with Gasteiger partial charge in [0.2, 0.25) is 5.91 Å². The second-order valence-electron chi connectivity index (χ2n) is 9.16. The molecule has 0 heterocycles. The minimum Gasteiger partial charge on any atom is -0.390 e. The van der Waals surface area contributed by atoms with Crippen LogP contribution in [0.1, 0.15) is 56.1 Å². The van der Waals surface area contributed by atoms with Crippen LogP contribution in [0.2, 0.25) is 0 Å². The second-order valence-corrected chi connectivity index (χ2v) is 9.16. The summed E-state index contributed by atoms with van der Waals surface area (Å²) in [7, 11) is 1.89. The molecule has 0 aliphatic heterocycles. The van der Waals surface area contributed by atoms with Crippen molar-refractivity contribution in [2.45, 2.75) is 64.4 Å². The van der Waals surface area contributed by atoms with Gasteiger partial charge in [-0.25, -0.2) is 0 Å². The van der Waals surface area contributed by atoms with E-state index in [-0.39, 0.29) is 11.3 Å². The smallest absolute Gasteiger partial charge is 0.227 e. The maximum absolute atomic E-state index is 13.0. The number of rotatable bonds is 3. The summed E-state index contributed by atoms with van der Waals surface area (Å²) in [6, 6.07) is 6.30. The summed E-state index contributed by atoms with van der Waals surface area (Å²) in [6.07, 6.45) is 6.89. The highest BCUT2D eigenvalue weighted by molar-refractivity contribution is 5.93. The number of hydrogen-bond acceptors (Lipinski definition) is 2. The first-order valence-corrected chi connectivity index (χ1v) is 9.33. The van der Waals surface area contributed by atoms with Gasteiger partial charge in [0.25, 0.3) is 0 Å². The van der Waals surface area contributed by atoms with Crippen LogP contribution in [0.15, 0.2) is 18.2 Å². The first kappa shape index (κ1) is 16.1. The monoisotopic (exact) mass is 327 g/mol. The maximum Gasteiger partial charge on any atom is 0.227 e. The standard InChI is InChI=1S/C21H29NO2/c1-14-4-15(2)6-18(5-14)22(3)19(23)12-20-8-16-7-17(9-20)11-21(24,10-16)13-20/h4-6,16-17,24H,7-13H2,1-3H3/t16-,17-,20?,21?/m1/s1. The third-order valence-electron chi connectivity index (χ3n) is 6.65. The van der Waals surface area contributed by atoms with E-state index >= 15 is 0 Å². The molecule has 1 aromatic rings. The Morgan fingerprint density at radius 1 is 1.12 bits per heavy atom. The third kappa shape index (κ3) is 2.77. The molecule has 4 aliphatic carbocycles. The Bertz CT molecular complexity index is 646. The molecule has 3 nitrogen and oxygen atoms in total. The molecule has 4 fully saturated rings. The van der Waals surface area contributed by atoms with Crippen LogP contribution >= 0.6 is 0 Å². The number of amides is 1. The maximum atomic E-state index is 13.0. The van der Waals surface area contributed by atoms with Crippen LogP contribution in [0, 0.1) is 31.1 Å². The molecule has 1 aromatic carbocycles. The molecule has 24 heavy (non-hydrogen) atoms. The van der Waals surface area contributed by atoms with Gasteiger partial charge in [0, 0.05) is 19.2 Å². The molecule has 0 saturated heterocycles. The molecule has 1 N–H and O–H groups in total. The molecule has 0 radical (unpaired) electrons. The molecule has 1 amide bonds. The highest BCUT2D eigenvalue weighted by Gasteiger charge is 2.57. The van der Waals surface area contributed by atoms with Gasteiger partial charge in [-0.3, -0.25) is 4.79 Å². The van der Waals surface area contributed by atoms with E-state index in [0.717, 1.165) is 37.8 Å². The number of nitrogens with zero attached hydrogens (tertiary/aromatic N) is 1. The van der Waals surface area contributed by atoms with Crippen LogP contribution in [-0.2, 0) is 4.79 Å². The predicted octanol–water partition coefficient (Wildman–Crippen LogP) is 3.99. The van der Waals surface area contributed by atoms with E-state index < -0.39 is 5.60 Å². The molecule has 0 spiro atoms. The lowest BCUT2D eigenvalue weighted by molar-refractivity contribution is -0.168. The first-order valence-electron chi connectivity index (χ1n) is 9.33. The molecule has 4 bridgehead atoms. The third-order valence-corrected chi connectivity index (χ3v) is 6.65. The Balaban J connectivity index is 1.53. The summed E-state index contributed by atoms with van der Waals surface area (Å²) in [4.78, 5) is 14.8. The number of benzene rings is 1. The number of carbonyl (C=O) groups is 1. The fraction of sp³-hybridized carbons (Fsp3) is 0.667. The molecule has 130 valence electrons. The molecule has 5 rings (SSSR count). The lowest BCUT2D eigenvalue weighted by Gasteiger charge is -2.60. The van der Waals surface area contributed by atoms with E-state index in [2.05, 4.69) is 32.0 Å². The Hall–Kier alpha value is -1.35. The zero-order valence-corrected chi connectivity index (χ0v) is 15.1. The summed E-state index contributed by atoms with van der Waals surface area (Å²) >= 11 is 0. The summed E-state index contributed by atoms with van der Waals surface area (Å²) in [5.41, 5.74) is 2.93. The summed E-state index contributed by atoms with van der Waals surface area (Å²) in [5, 5.41) is 10.9. The Kier molecular flexibility index (Phi) is 3.58. The average Bonchev–Trinajstić information content (AvgIpc) is 2.42. The first-order chi connectivity index (χ1) is 11.3. The van der Waals surface area contributed by atoms with Gasteiger partial charge in [0.05, 0.1) is 5.60 Å². The molecular weight excluding hydrogens is 298 g/mol. The van der Waals surface area contributed by atoms with Crippen molar-refractivity contribution in [1.29, 1.82) is 0 Å². The van der Waals surface area contributed by atoms with E-state index in [4.69, 9.17) is 0 Å². The minimum absolute atomic E-state index is 0.0447. The topological polar surface area (TPSA) is 40.5 Å². The van der Waals surface area contributed by atoms with Crippen molar-refractivity contribution in [3.8, 4) is 0 Å². The number of anilines is 1. The van der Waals surface area contributed by atoms with Crippen LogP contribution < -0.4 is 4.90 Å². The summed E-state index contributed by atoms with van der Waals surface area (Å²) < 4.78 is 0. The van der Waals surface area contributed by atoms with E-state index in [0.29, 0.717) is 18.3 Å². The van der Waals surface area contributed by atoms with Crippen LogP contribution in [-0.4, -0.2) is 23.7 Å². The fourth-order valence-corrected chi connectivity index (χ4v) is 6.34. The van der Waals surface area contributed by atoms with Gasteiger partial charge in [0.1, 0.15) is 0 Å². The number of aryl methyl sites for hydroxylation is 2. The van der Waals surface area contributed by atoms with Crippen molar-refractivity contribution in [3.05, 3.63) is 29.3 Å². The van der Waals surface area contributed by atoms with E-state index in [1.54, 1.807) is 0 Å². The Morgan fingerprint density at radius 3 is 2.25 bits per heavy atom. The molecule has 3 heteroatoms. The lowest BCUT2D eigenvalue weighted by atomic mass is 9.47. The lowest BCUT2D eigenvalue weighted by Crippen LogP contribution is -2.56. The molecule has 0 aromatic heterocycles. The van der Waals surface area contributed by atoms with E-state index in [1.165, 1.54) is 17.5 Å². The van der Waals surface area contributed by atoms with E-state index in [9.17, 15) is 9.90 Å². The zero-order valence-electron chi connectivity index (χ0n) is 15.1. The molecule has 4 saturated carbocycles. The summed E-state index contributed by atoms with van der Waals surface area (Å²) in [5.74, 6) is 1.47. The fourth-order valence-electron chi connectivity index (χ4n) is 6.34. The van der Waals surface area contributed by atoms with Gasteiger partial charge in [-0.15, -0.1) is 0 Å². The Morgan fingerprint density at radius 2 is 1.71 bits per heavy atom. The average molecular weight is 327 g/mol.